The van der Waals surface area contributed by atoms with Gasteiger partial charge >= 0.3 is 0 Å². The first-order chi connectivity index (χ1) is 9.02. The number of aromatic nitrogens is 1. The average Bonchev–Trinajstić information content (AvgIpc) is 2.36. The number of hydrogen-bond donors (Lipinski definition) is 0. The monoisotopic (exact) mass is 259 g/mol. The van der Waals surface area contributed by atoms with E-state index in [9.17, 15) is 0 Å². The summed E-state index contributed by atoms with van der Waals surface area (Å²) >= 11 is 0. The maximum absolute atomic E-state index is 5.22. The van der Waals surface area contributed by atoms with Crippen LogP contribution in [0.1, 0.15) is 45.4 Å². The van der Waals surface area contributed by atoms with Gasteiger partial charge in [-0.25, -0.2) is 4.98 Å². The van der Waals surface area contributed by atoms with Crippen LogP contribution in [0.5, 0.6) is 5.88 Å². The Labute approximate surface area is 117 Å². The highest BCUT2D eigenvalue weighted by atomic mass is 16.5. The van der Waals surface area contributed by atoms with Gasteiger partial charge in [0, 0.05) is 11.8 Å². The van der Waals surface area contributed by atoms with E-state index in [1.54, 1.807) is 7.11 Å². The van der Waals surface area contributed by atoms with Crippen LogP contribution in [0.3, 0.4) is 0 Å². The van der Waals surface area contributed by atoms with Crippen molar-refractivity contribution in [3.05, 3.63) is 46.7 Å². The Morgan fingerprint density at radius 3 is 2.37 bits per heavy atom. The van der Waals surface area contributed by atoms with Crippen molar-refractivity contribution in [3.63, 3.8) is 0 Å². The molecule has 0 saturated heterocycles. The van der Waals surface area contributed by atoms with Crippen LogP contribution in [0.25, 0.3) is 0 Å². The Hall–Kier alpha value is -1.57. The highest BCUT2D eigenvalue weighted by Gasteiger charge is 2.05. The second-order valence-corrected chi connectivity index (χ2v) is 5.27. The lowest BCUT2D eigenvalue weighted by Gasteiger charge is -2.08. The molecule has 2 nitrogen and oxygen atoms in total. The van der Waals surface area contributed by atoms with Crippen molar-refractivity contribution in [1.29, 1.82) is 0 Å². The quantitative estimate of drug-likeness (QED) is 0.702. The van der Waals surface area contributed by atoms with Crippen LogP contribution >= 0.6 is 0 Å². The van der Waals surface area contributed by atoms with Crippen LogP contribution in [-0.2, 0) is 12.8 Å². The molecule has 0 aliphatic rings. The summed E-state index contributed by atoms with van der Waals surface area (Å²) in [6.07, 6.45) is 7.45. The zero-order valence-electron chi connectivity index (χ0n) is 12.8. The van der Waals surface area contributed by atoms with Crippen molar-refractivity contribution < 1.29 is 4.74 Å². The Kier molecular flexibility index (Phi) is 6.34. The molecule has 0 unspecified atom stereocenters. The van der Waals surface area contributed by atoms with Gasteiger partial charge in [0.15, 0.2) is 0 Å². The lowest BCUT2D eigenvalue weighted by Crippen LogP contribution is -2.00. The third kappa shape index (κ3) is 5.73. The standard InChI is InChI=1S/C17H25NO/c1-13(2)7-6-8-16-15(10-9-14(3)4)11-12-17(18-16)19-5/h7,9,11-12H,6,8,10H2,1-5H3. The van der Waals surface area contributed by atoms with Crippen LogP contribution in [0.4, 0.5) is 0 Å². The van der Waals surface area contributed by atoms with Gasteiger partial charge in [0.25, 0.3) is 0 Å². The van der Waals surface area contributed by atoms with Gasteiger partial charge in [-0.15, -0.1) is 0 Å². The van der Waals surface area contributed by atoms with Gasteiger partial charge in [0.1, 0.15) is 0 Å². The normalized spacial score (nSPS) is 9.95. The Balaban J connectivity index is 2.89. The molecule has 0 atom stereocenters. The number of pyridine rings is 1. The summed E-state index contributed by atoms with van der Waals surface area (Å²) in [6, 6.07) is 4.07. The summed E-state index contributed by atoms with van der Waals surface area (Å²) in [5, 5.41) is 0. The first kappa shape index (κ1) is 15.5. The molecule has 0 bridgehead atoms. The Bertz CT molecular complexity index is 464. The number of nitrogens with zero attached hydrogens (tertiary/aromatic N) is 1. The van der Waals surface area contributed by atoms with Crippen molar-refractivity contribution in [2.45, 2.75) is 47.0 Å². The first-order valence-electron chi connectivity index (χ1n) is 6.82. The number of allylic oxidation sites excluding steroid dienone is 4. The maximum Gasteiger partial charge on any atom is 0.213 e. The summed E-state index contributed by atoms with van der Waals surface area (Å²) < 4.78 is 5.22. The Morgan fingerprint density at radius 1 is 1.11 bits per heavy atom. The molecule has 0 amide bonds. The maximum atomic E-state index is 5.22. The van der Waals surface area contributed by atoms with Crippen LogP contribution in [-0.4, -0.2) is 12.1 Å². The second-order valence-electron chi connectivity index (χ2n) is 5.27. The minimum atomic E-state index is 0.702. The van der Waals surface area contributed by atoms with E-state index in [2.05, 4.69) is 50.9 Å². The minimum Gasteiger partial charge on any atom is -0.481 e. The van der Waals surface area contributed by atoms with Gasteiger partial charge in [-0.2, -0.15) is 0 Å². The van der Waals surface area contributed by atoms with Crippen molar-refractivity contribution in [2.24, 2.45) is 0 Å². The number of rotatable bonds is 6. The molecule has 1 aromatic rings. The molecule has 0 aliphatic carbocycles. The van der Waals surface area contributed by atoms with Crippen molar-refractivity contribution in [3.8, 4) is 5.88 Å². The fourth-order valence-corrected chi connectivity index (χ4v) is 1.84. The predicted octanol–water partition coefficient (Wildman–Crippen LogP) is 4.50. The molecular weight excluding hydrogens is 234 g/mol. The smallest absolute Gasteiger partial charge is 0.213 e. The molecule has 0 N–H and O–H groups in total. The fourth-order valence-electron chi connectivity index (χ4n) is 1.84. The van der Waals surface area contributed by atoms with E-state index in [0.29, 0.717) is 5.88 Å². The summed E-state index contributed by atoms with van der Waals surface area (Å²) in [6.45, 7) is 8.51. The molecule has 0 fully saturated rings. The summed E-state index contributed by atoms with van der Waals surface area (Å²) in [5.41, 5.74) is 5.14. The molecule has 19 heavy (non-hydrogen) atoms. The molecule has 1 heterocycles. The van der Waals surface area contributed by atoms with E-state index < -0.39 is 0 Å². The number of ether oxygens (including phenoxy) is 1. The topological polar surface area (TPSA) is 22.1 Å². The number of aryl methyl sites for hydroxylation is 1. The van der Waals surface area contributed by atoms with E-state index in [0.717, 1.165) is 25.0 Å². The van der Waals surface area contributed by atoms with Crippen LogP contribution in [0.15, 0.2) is 35.4 Å². The van der Waals surface area contributed by atoms with Gasteiger partial charge < -0.3 is 4.74 Å². The number of methoxy groups -OCH3 is 1. The van der Waals surface area contributed by atoms with Gasteiger partial charge in [-0.3, -0.25) is 0 Å². The van der Waals surface area contributed by atoms with E-state index in [-0.39, 0.29) is 0 Å². The predicted molar refractivity (Wildman–Crippen MR) is 81.7 cm³/mol. The molecule has 1 rings (SSSR count). The molecule has 2 heteroatoms. The van der Waals surface area contributed by atoms with Gasteiger partial charge in [0.2, 0.25) is 5.88 Å². The molecule has 0 aliphatic heterocycles. The summed E-state index contributed by atoms with van der Waals surface area (Å²) in [7, 11) is 1.66. The highest BCUT2D eigenvalue weighted by Crippen LogP contribution is 2.16. The molecule has 1 aromatic heterocycles. The lowest BCUT2D eigenvalue weighted by atomic mass is 10.0. The van der Waals surface area contributed by atoms with Gasteiger partial charge in [-0.1, -0.05) is 29.4 Å². The van der Waals surface area contributed by atoms with E-state index >= 15 is 0 Å². The Morgan fingerprint density at radius 2 is 1.79 bits per heavy atom. The van der Waals surface area contributed by atoms with Crippen molar-refractivity contribution in [2.75, 3.05) is 7.11 Å². The third-order valence-corrected chi connectivity index (χ3v) is 2.92. The molecule has 0 saturated carbocycles. The van der Waals surface area contributed by atoms with Crippen LogP contribution in [0.2, 0.25) is 0 Å². The minimum absolute atomic E-state index is 0.702. The SMILES string of the molecule is COc1ccc(CC=C(C)C)c(CCC=C(C)C)n1. The van der Waals surface area contributed by atoms with Crippen LogP contribution < -0.4 is 4.74 Å². The van der Waals surface area contributed by atoms with Gasteiger partial charge in [0.05, 0.1) is 7.11 Å². The molecule has 0 aromatic carbocycles. The van der Waals surface area contributed by atoms with E-state index in [1.165, 1.54) is 16.7 Å². The third-order valence-electron chi connectivity index (χ3n) is 2.92. The zero-order valence-corrected chi connectivity index (χ0v) is 12.8. The second kappa shape index (κ2) is 7.78. The average molecular weight is 259 g/mol. The van der Waals surface area contributed by atoms with E-state index in [4.69, 9.17) is 4.74 Å². The van der Waals surface area contributed by atoms with Gasteiger partial charge in [-0.05, 0) is 52.5 Å². The molecule has 104 valence electrons. The lowest BCUT2D eigenvalue weighted by molar-refractivity contribution is 0.396. The summed E-state index contributed by atoms with van der Waals surface area (Å²) in [4.78, 5) is 4.59. The molecule has 0 radical (unpaired) electrons. The van der Waals surface area contributed by atoms with Crippen molar-refractivity contribution >= 4 is 0 Å². The van der Waals surface area contributed by atoms with Crippen LogP contribution in [0, 0.1) is 0 Å². The van der Waals surface area contributed by atoms with Crippen molar-refractivity contribution in [1.82, 2.24) is 4.98 Å². The fraction of sp³-hybridized carbons (Fsp3) is 0.471. The molecular formula is C17H25NO. The summed E-state index contributed by atoms with van der Waals surface area (Å²) in [5.74, 6) is 0.702. The largest absolute Gasteiger partial charge is 0.481 e. The zero-order chi connectivity index (χ0) is 14.3. The number of hydrogen-bond acceptors (Lipinski definition) is 2. The highest BCUT2D eigenvalue weighted by molar-refractivity contribution is 5.28. The first-order valence-corrected chi connectivity index (χ1v) is 6.82. The molecule has 0 spiro atoms. The van der Waals surface area contributed by atoms with E-state index in [1.807, 2.05) is 6.07 Å².